The Hall–Kier alpha value is -1.57. The maximum absolute atomic E-state index is 8.41. The third-order valence-electron chi connectivity index (χ3n) is 1.60. The van der Waals surface area contributed by atoms with Crippen LogP contribution in [0.2, 0.25) is 0 Å². The topological polar surface area (TPSA) is 74.6 Å². The third kappa shape index (κ3) is 6.81. The first-order valence-corrected chi connectivity index (χ1v) is 4.18. The summed E-state index contributed by atoms with van der Waals surface area (Å²) in [6.45, 7) is 1.31. The molecule has 68 valence electrons. The van der Waals surface area contributed by atoms with Crippen LogP contribution in [0.1, 0.15) is 19.3 Å². The zero-order chi connectivity index (χ0) is 9.94. The smallest absolute Gasteiger partial charge is 0.0874 e. The Bertz CT molecular complexity index is 224. The molecule has 0 heterocycles. The lowest BCUT2D eigenvalue weighted by molar-refractivity contribution is 0.334. The molecule has 4 heteroatoms. The molecule has 4 nitrogen and oxygen atoms in total. The van der Waals surface area contributed by atoms with Crippen LogP contribution in [-0.4, -0.2) is 24.5 Å². The Balaban J connectivity index is 3.54. The fraction of sp³-hybridized carbons (Fsp3) is 0.667. The average Bonchev–Trinajstić information content (AvgIpc) is 2.13. The summed E-state index contributed by atoms with van der Waals surface area (Å²) < 4.78 is 0. The Labute approximate surface area is 78.6 Å². The van der Waals surface area contributed by atoms with Crippen molar-refractivity contribution in [3.8, 4) is 18.2 Å². The second-order valence-electron chi connectivity index (χ2n) is 2.64. The van der Waals surface area contributed by atoms with Crippen molar-refractivity contribution in [2.24, 2.45) is 0 Å². The number of hydrogen-bond donors (Lipinski definition) is 0. The SMILES string of the molecule is N#CCCCCN(CC#N)CC#N. The molecule has 0 saturated heterocycles. The molecular weight excluding hydrogens is 164 g/mol. The van der Waals surface area contributed by atoms with Crippen molar-refractivity contribution in [2.45, 2.75) is 19.3 Å². The van der Waals surface area contributed by atoms with Crippen LogP contribution in [0.25, 0.3) is 0 Å². The highest BCUT2D eigenvalue weighted by atomic mass is 15.1. The summed E-state index contributed by atoms with van der Waals surface area (Å²) in [5, 5.41) is 25.1. The van der Waals surface area contributed by atoms with E-state index in [1.807, 2.05) is 12.1 Å². The highest BCUT2D eigenvalue weighted by molar-refractivity contribution is 4.83. The summed E-state index contributed by atoms with van der Waals surface area (Å²) in [5.41, 5.74) is 0. The summed E-state index contributed by atoms with van der Waals surface area (Å²) in [5.74, 6) is 0. The molecule has 0 fully saturated rings. The van der Waals surface area contributed by atoms with Gasteiger partial charge in [0.2, 0.25) is 0 Å². The molecular formula is C9H12N4. The molecule has 0 spiro atoms. The lowest BCUT2D eigenvalue weighted by Gasteiger charge is -2.13. The Morgan fingerprint density at radius 2 is 1.46 bits per heavy atom. The van der Waals surface area contributed by atoms with E-state index in [4.69, 9.17) is 15.8 Å². The highest BCUT2D eigenvalue weighted by Gasteiger charge is 2.01. The van der Waals surface area contributed by atoms with Gasteiger partial charge in [-0.25, -0.2) is 0 Å². The average molecular weight is 176 g/mol. The van der Waals surface area contributed by atoms with Gasteiger partial charge in [-0.3, -0.25) is 4.90 Å². The molecule has 0 aliphatic carbocycles. The molecule has 0 aromatic heterocycles. The quantitative estimate of drug-likeness (QED) is 0.447. The highest BCUT2D eigenvalue weighted by Crippen LogP contribution is 1.97. The molecule has 13 heavy (non-hydrogen) atoms. The number of unbranched alkanes of at least 4 members (excludes halogenated alkanes) is 2. The maximum atomic E-state index is 8.41. The van der Waals surface area contributed by atoms with Gasteiger partial charge in [0.15, 0.2) is 0 Å². The van der Waals surface area contributed by atoms with Crippen LogP contribution in [0.15, 0.2) is 0 Å². The number of nitrogens with zero attached hydrogens (tertiary/aromatic N) is 4. The minimum Gasteiger partial charge on any atom is -0.277 e. The Kier molecular flexibility index (Phi) is 7.50. The molecule has 0 unspecified atom stereocenters. The van der Waals surface area contributed by atoms with E-state index in [1.54, 1.807) is 4.90 Å². The zero-order valence-electron chi connectivity index (χ0n) is 7.53. The van der Waals surface area contributed by atoms with Crippen LogP contribution < -0.4 is 0 Å². The van der Waals surface area contributed by atoms with Gasteiger partial charge >= 0.3 is 0 Å². The van der Waals surface area contributed by atoms with E-state index in [0.29, 0.717) is 19.5 Å². The monoisotopic (exact) mass is 176 g/mol. The minimum atomic E-state index is 0.292. The van der Waals surface area contributed by atoms with Crippen LogP contribution >= 0.6 is 0 Å². The summed E-state index contributed by atoms with van der Waals surface area (Å²) >= 11 is 0. The fourth-order valence-corrected chi connectivity index (χ4v) is 0.953. The zero-order valence-corrected chi connectivity index (χ0v) is 7.53. The predicted molar refractivity (Wildman–Crippen MR) is 47.1 cm³/mol. The van der Waals surface area contributed by atoms with Crippen molar-refractivity contribution in [3.63, 3.8) is 0 Å². The van der Waals surface area contributed by atoms with Gasteiger partial charge in [0.1, 0.15) is 0 Å². The first kappa shape index (κ1) is 11.4. The maximum Gasteiger partial charge on any atom is 0.0874 e. The van der Waals surface area contributed by atoms with E-state index >= 15 is 0 Å². The van der Waals surface area contributed by atoms with Crippen molar-refractivity contribution in [1.29, 1.82) is 15.8 Å². The molecule has 0 aromatic rings. The van der Waals surface area contributed by atoms with Gasteiger partial charge in [0.05, 0.1) is 31.3 Å². The van der Waals surface area contributed by atoms with E-state index in [1.165, 1.54) is 0 Å². The normalized spacial score (nSPS) is 8.77. The molecule has 0 aliphatic heterocycles. The summed E-state index contributed by atoms with van der Waals surface area (Å²) in [6, 6.07) is 6.06. The van der Waals surface area contributed by atoms with Crippen molar-refractivity contribution in [2.75, 3.05) is 19.6 Å². The van der Waals surface area contributed by atoms with Crippen LogP contribution in [0, 0.1) is 34.0 Å². The lowest BCUT2D eigenvalue weighted by Crippen LogP contribution is -2.25. The van der Waals surface area contributed by atoms with Crippen molar-refractivity contribution in [3.05, 3.63) is 0 Å². The van der Waals surface area contributed by atoms with Gasteiger partial charge in [-0.15, -0.1) is 0 Å². The van der Waals surface area contributed by atoms with Gasteiger partial charge in [0, 0.05) is 13.0 Å². The molecule has 0 aromatic carbocycles. The molecule has 0 atom stereocenters. The summed E-state index contributed by atoms with van der Waals surface area (Å²) in [7, 11) is 0. The van der Waals surface area contributed by atoms with Crippen molar-refractivity contribution >= 4 is 0 Å². The molecule has 0 amide bonds. The van der Waals surface area contributed by atoms with E-state index < -0.39 is 0 Å². The van der Waals surface area contributed by atoms with E-state index in [9.17, 15) is 0 Å². The standard InChI is InChI=1S/C9H12N4/c10-4-2-1-3-7-13(8-5-11)9-6-12/h1-3,7-9H2. The van der Waals surface area contributed by atoms with Gasteiger partial charge in [0.25, 0.3) is 0 Å². The minimum absolute atomic E-state index is 0.292. The van der Waals surface area contributed by atoms with Crippen molar-refractivity contribution in [1.82, 2.24) is 4.90 Å². The molecule has 0 bridgehead atoms. The third-order valence-corrected chi connectivity index (χ3v) is 1.60. The second-order valence-corrected chi connectivity index (χ2v) is 2.64. The first-order chi connectivity index (χ1) is 6.35. The Morgan fingerprint density at radius 1 is 0.846 bits per heavy atom. The largest absolute Gasteiger partial charge is 0.277 e. The second kappa shape index (κ2) is 8.53. The van der Waals surface area contributed by atoms with Crippen LogP contribution in [-0.2, 0) is 0 Å². The van der Waals surface area contributed by atoms with Gasteiger partial charge in [-0.2, -0.15) is 15.8 Å². The molecule has 0 rings (SSSR count). The number of hydrogen-bond acceptors (Lipinski definition) is 4. The first-order valence-electron chi connectivity index (χ1n) is 4.18. The Morgan fingerprint density at radius 3 is 1.92 bits per heavy atom. The van der Waals surface area contributed by atoms with Gasteiger partial charge < -0.3 is 0 Å². The summed E-state index contributed by atoms with van der Waals surface area (Å²) in [6.07, 6.45) is 2.26. The van der Waals surface area contributed by atoms with E-state index in [0.717, 1.165) is 19.4 Å². The number of rotatable bonds is 6. The molecule has 0 radical (unpaired) electrons. The van der Waals surface area contributed by atoms with Crippen molar-refractivity contribution < 1.29 is 0 Å². The molecule has 0 saturated carbocycles. The molecule has 0 N–H and O–H groups in total. The van der Waals surface area contributed by atoms with Crippen LogP contribution in [0.5, 0.6) is 0 Å². The number of nitriles is 3. The van der Waals surface area contributed by atoms with E-state index in [2.05, 4.69) is 6.07 Å². The lowest BCUT2D eigenvalue weighted by atomic mass is 10.2. The molecule has 0 aliphatic rings. The van der Waals surface area contributed by atoms with Crippen LogP contribution in [0.4, 0.5) is 0 Å². The van der Waals surface area contributed by atoms with Gasteiger partial charge in [-0.05, 0) is 12.8 Å². The van der Waals surface area contributed by atoms with E-state index in [-0.39, 0.29) is 0 Å². The summed E-state index contributed by atoms with van der Waals surface area (Å²) in [4.78, 5) is 1.78. The van der Waals surface area contributed by atoms with Crippen LogP contribution in [0.3, 0.4) is 0 Å². The fourth-order valence-electron chi connectivity index (χ4n) is 0.953. The van der Waals surface area contributed by atoms with Gasteiger partial charge in [-0.1, -0.05) is 0 Å². The predicted octanol–water partition coefficient (Wildman–Crippen LogP) is 1.03.